The summed E-state index contributed by atoms with van der Waals surface area (Å²) in [6.45, 7) is 3.86. The third kappa shape index (κ3) is 3.79. The number of benzene rings is 2. The molecule has 2 aromatic rings. The molecule has 21 heavy (non-hydrogen) atoms. The first-order valence-corrected chi connectivity index (χ1v) is 7.44. The average molecular weight is 281 g/mol. The van der Waals surface area contributed by atoms with E-state index < -0.39 is 0 Å². The van der Waals surface area contributed by atoms with Crippen LogP contribution in [0.2, 0.25) is 0 Å². The summed E-state index contributed by atoms with van der Waals surface area (Å²) in [5.41, 5.74) is 3.27. The number of likely N-dealkylation sites (N-methyl/N-ethyl adjacent to an activating group) is 1. The topological polar surface area (TPSA) is 29.1 Å². The molecule has 0 amide bonds. The fraction of sp³-hybridized carbons (Fsp3) is 0.316. The highest BCUT2D eigenvalue weighted by molar-refractivity contribution is 5.95. The Bertz CT molecular complexity index is 592. The van der Waals surface area contributed by atoms with Crippen LogP contribution in [-0.4, -0.2) is 18.9 Å². The van der Waals surface area contributed by atoms with Gasteiger partial charge in [0.25, 0.3) is 0 Å². The Balaban J connectivity index is 2.22. The van der Waals surface area contributed by atoms with E-state index in [0.29, 0.717) is 12.0 Å². The molecule has 0 spiro atoms. The van der Waals surface area contributed by atoms with E-state index in [0.717, 1.165) is 17.5 Å². The lowest BCUT2D eigenvalue weighted by Gasteiger charge is -2.25. The normalized spacial score (nSPS) is 13.7. The molecule has 1 N–H and O–H groups in total. The van der Waals surface area contributed by atoms with E-state index in [9.17, 15) is 4.79 Å². The van der Waals surface area contributed by atoms with Crippen molar-refractivity contribution in [3.8, 4) is 0 Å². The smallest absolute Gasteiger partial charge is 0.160 e. The van der Waals surface area contributed by atoms with Gasteiger partial charge in [-0.2, -0.15) is 0 Å². The molecule has 0 aromatic heterocycles. The summed E-state index contributed by atoms with van der Waals surface area (Å²) in [7, 11) is 1.99. The van der Waals surface area contributed by atoms with Crippen LogP contribution >= 0.6 is 0 Å². The minimum Gasteiger partial charge on any atom is -0.316 e. The number of ketones is 1. The lowest BCUT2D eigenvalue weighted by atomic mass is 9.87. The summed E-state index contributed by atoms with van der Waals surface area (Å²) in [4.78, 5) is 11.8. The summed E-state index contributed by atoms with van der Waals surface area (Å²) in [6, 6.07) is 18.7. The quantitative estimate of drug-likeness (QED) is 0.815. The van der Waals surface area contributed by atoms with E-state index in [1.807, 2.05) is 31.3 Å². The van der Waals surface area contributed by atoms with E-state index in [2.05, 4.69) is 42.6 Å². The first kappa shape index (κ1) is 15.5. The van der Waals surface area contributed by atoms with E-state index >= 15 is 0 Å². The van der Waals surface area contributed by atoms with Crippen molar-refractivity contribution in [1.29, 1.82) is 0 Å². The van der Waals surface area contributed by atoms with Gasteiger partial charge >= 0.3 is 0 Å². The minimum absolute atomic E-state index is 0.132. The predicted molar refractivity (Wildman–Crippen MR) is 87.9 cm³/mol. The summed E-state index contributed by atoms with van der Waals surface area (Å²) in [5, 5.41) is 3.40. The lowest BCUT2D eigenvalue weighted by molar-refractivity contribution is 0.101. The van der Waals surface area contributed by atoms with Gasteiger partial charge < -0.3 is 5.32 Å². The van der Waals surface area contributed by atoms with E-state index in [4.69, 9.17) is 0 Å². The Morgan fingerprint density at radius 3 is 2.29 bits per heavy atom. The largest absolute Gasteiger partial charge is 0.316 e. The van der Waals surface area contributed by atoms with Crippen LogP contribution in [0.4, 0.5) is 0 Å². The van der Waals surface area contributed by atoms with Gasteiger partial charge in [0, 0.05) is 11.6 Å². The summed E-state index contributed by atoms with van der Waals surface area (Å²) in [6.07, 6.45) is 0.850. The number of Topliss-reactive ketones (excluding diaryl/α,β-unsaturated/α-hetero) is 1. The second kappa shape index (κ2) is 7.19. The van der Waals surface area contributed by atoms with Crippen molar-refractivity contribution in [3.63, 3.8) is 0 Å². The molecule has 0 saturated heterocycles. The highest BCUT2D eigenvalue weighted by Crippen LogP contribution is 2.23. The van der Waals surface area contributed by atoms with Crippen LogP contribution < -0.4 is 5.32 Å². The molecule has 0 saturated carbocycles. The van der Waals surface area contributed by atoms with Crippen molar-refractivity contribution in [2.45, 2.75) is 32.2 Å². The first-order valence-electron chi connectivity index (χ1n) is 7.44. The van der Waals surface area contributed by atoms with Gasteiger partial charge in [-0.05, 0) is 37.4 Å². The van der Waals surface area contributed by atoms with Crippen molar-refractivity contribution in [1.82, 2.24) is 5.32 Å². The molecule has 2 nitrogen and oxygen atoms in total. The Morgan fingerprint density at radius 1 is 1.05 bits per heavy atom. The molecule has 110 valence electrons. The zero-order chi connectivity index (χ0) is 15.2. The van der Waals surface area contributed by atoms with Crippen LogP contribution in [0.25, 0.3) is 0 Å². The van der Waals surface area contributed by atoms with Gasteiger partial charge in [-0.25, -0.2) is 0 Å². The molecule has 2 atom stereocenters. The van der Waals surface area contributed by atoms with Crippen LogP contribution in [0, 0.1) is 0 Å². The predicted octanol–water partition coefficient (Wildman–Crippen LogP) is 3.82. The minimum atomic E-state index is 0.132. The zero-order valence-electron chi connectivity index (χ0n) is 13.0. The van der Waals surface area contributed by atoms with Gasteiger partial charge in [0.2, 0.25) is 0 Å². The molecular weight excluding hydrogens is 258 g/mol. The van der Waals surface area contributed by atoms with Crippen LogP contribution in [0.5, 0.6) is 0 Å². The van der Waals surface area contributed by atoms with E-state index in [1.165, 1.54) is 5.56 Å². The number of carbonyl (C=O) groups excluding carboxylic acids is 1. The van der Waals surface area contributed by atoms with Gasteiger partial charge in [-0.15, -0.1) is 0 Å². The van der Waals surface area contributed by atoms with Gasteiger partial charge in [-0.3, -0.25) is 4.79 Å². The molecule has 0 aliphatic rings. The Hall–Kier alpha value is -1.93. The van der Waals surface area contributed by atoms with Crippen molar-refractivity contribution in [2.75, 3.05) is 7.05 Å². The Labute approximate surface area is 127 Å². The van der Waals surface area contributed by atoms with Crippen LogP contribution in [-0.2, 0) is 6.42 Å². The highest BCUT2D eigenvalue weighted by Gasteiger charge is 2.19. The molecule has 2 aromatic carbocycles. The standard InChI is InChI=1S/C19H23NO/c1-14(16-9-5-4-6-10-16)19(20-3)13-17-11-7-8-12-18(17)15(2)21/h4-12,14,19-20H,13H2,1-3H3/t14-,19-/m1/s1. The summed E-state index contributed by atoms with van der Waals surface area (Å²) < 4.78 is 0. The molecule has 2 rings (SSSR count). The van der Waals surface area contributed by atoms with E-state index in [1.54, 1.807) is 6.92 Å². The number of hydrogen-bond donors (Lipinski definition) is 1. The summed E-state index contributed by atoms with van der Waals surface area (Å²) in [5.74, 6) is 0.518. The van der Waals surface area contributed by atoms with Crippen molar-refractivity contribution in [3.05, 3.63) is 71.3 Å². The lowest BCUT2D eigenvalue weighted by Crippen LogP contribution is -2.33. The van der Waals surface area contributed by atoms with Crippen molar-refractivity contribution in [2.24, 2.45) is 0 Å². The molecule has 2 heteroatoms. The number of carbonyl (C=O) groups is 1. The highest BCUT2D eigenvalue weighted by atomic mass is 16.1. The average Bonchev–Trinajstić information content (AvgIpc) is 2.53. The molecule has 0 aliphatic heterocycles. The monoisotopic (exact) mass is 281 g/mol. The van der Waals surface area contributed by atoms with Gasteiger partial charge in [-0.1, -0.05) is 61.5 Å². The molecule has 0 fully saturated rings. The van der Waals surface area contributed by atoms with Gasteiger partial charge in [0.1, 0.15) is 0 Å². The third-order valence-corrected chi connectivity index (χ3v) is 4.14. The summed E-state index contributed by atoms with van der Waals surface area (Å²) >= 11 is 0. The second-order valence-electron chi connectivity index (χ2n) is 5.51. The third-order valence-electron chi connectivity index (χ3n) is 4.14. The first-order chi connectivity index (χ1) is 10.1. The van der Waals surface area contributed by atoms with Crippen LogP contribution in [0.1, 0.15) is 41.3 Å². The fourth-order valence-electron chi connectivity index (χ4n) is 2.80. The van der Waals surface area contributed by atoms with Crippen LogP contribution in [0.3, 0.4) is 0 Å². The maximum atomic E-state index is 11.8. The second-order valence-corrected chi connectivity index (χ2v) is 5.51. The maximum Gasteiger partial charge on any atom is 0.160 e. The molecule has 0 radical (unpaired) electrons. The number of hydrogen-bond acceptors (Lipinski definition) is 2. The zero-order valence-corrected chi connectivity index (χ0v) is 13.0. The molecule has 0 bridgehead atoms. The fourth-order valence-corrected chi connectivity index (χ4v) is 2.80. The van der Waals surface area contributed by atoms with Gasteiger partial charge in [0.15, 0.2) is 5.78 Å². The maximum absolute atomic E-state index is 11.8. The SMILES string of the molecule is CN[C@H](Cc1ccccc1C(C)=O)[C@H](C)c1ccccc1. The number of rotatable bonds is 6. The molecule has 0 aliphatic carbocycles. The van der Waals surface area contributed by atoms with E-state index in [-0.39, 0.29) is 5.78 Å². The molecular formula is C19H23NO. The Morgan fingerprint density at radius 2 is 1.67 bits per heavy atom. The Kier molecular flexibility index (Phi) is 5.29. The molecule has 0 unspecified atom stereocenters. The van der Waals surface area contributed by atoms with Crippen molar-refractivity contribution < 1.29 is 4.79 Å². The molecule has 0 heterocycles. The van der Waals surface area contributed by atoms with Crippen LogP contribution in [0.15, 0.2) is 54.6 Å². The van der Waals surface area contributed by atoms with Gasteiger partial charge in [0.05, 0.1) is 0 Å². The number of nitrogens with one attached hydrogen (secondary N) is 1. The van der Waals surface area contributed by atoms with Crippen molar-refractivity contribution >= 4 is 5.78 Å².